The molecule has 0 amide bonds. The number of hydrogen-bond acceptors (Lipinski definition) is 3. The Bertz CT molecular complexity index is 556. The van der Waals surface area contributed by atoms with Gasteiger partial charge >= 0.3 is 0 Å². The average Bonchev–Trinajstić information content (AvgIpc) is 2.63. The minimum absolute atomic E-state index is 0. The van der Waals surface area contributed by atoms with Gasteiger partial charge in [0.25, 0.3) is 0 Å². The number of benzene rings is 1. The summed E-state index contributed by atoms with van der Waals surface area (Å²) in [6, 6.07) is 9.75. The van der Waals surface area contributed by atoms with Crippen LogP contribution in [0.1, 0.15) is 37.3 Å². The fourth-order valence-corrected chi connectivity index (χ4v) is 2.90. The van der Waals surface area contributed by atoms with Crippen LogP contribution in [0, 0.1) is 17.2 Å². The monoisotopic (exact) mass is 455 g/mol. The third-order valence-corrected chi connectivity index (χ3v) is 4.59. The lowest BCUT2D eigenvalue weighted by molar-refractivity contribution is 0.191. The second-order valence-corrected chi connectivity index (χ2v) is 6.54. The third kappa shape index (κ3) is 8.06. The van der Waals surface area contributed by atoms with Gasteiger partial charge in [-0.15, -0.1) is 24.0 Å². The van der Waals surface area contributed by atoms with Crippen molar-refractivity contribution in [3.63, 3.8) is 0 Å². The van der Waals surface area contributed by atoms with Crippen LogP contribution in [0.25, 0.3) is 0 Å². The van der Waals surface area contributed by atoms with E-state index in [2.05, 4.69) is 33.5 Å². The molecule has 0 radical (unpaired) electrons. The fraction of sp³-hybridized carbons (Fsp3) is 0.579. The average molecular weight is 455 g/mol. The highest BCUT2D eigenvalue weighted by molar-refractivity contribution is 14.0. The van der Waals surface area contributed by atoms with E-state index in [4.69, 9.17) is 5.26 Å². The lowest BCUT2D eigenvalue weighted by Crippen LogP contribution is -2.39. The molecule has 2 N–H and O–H groups in total. The molecule has 1 aliphatic heterocycles. The molecule has 1 saturated heterocycles. The molecule has 1 aromatic rings. The largest absolute Gasteiger partial charge is 0.356 e. The molecule has 1 aliphatic rings. The van der Waals surface area contributed by atoms with Crippen molar-refractivity contribution < 1.29 is 0 Å². The number of hydrogen-bond donors (Lipinski definition) is 2. The first kappa shape index (κ1) is 21.7. The zero-order valence-electron chi connectivity index (χ0n) is 15.3. The van der Waals surface area contributed by atoms with Crippen molar-refractivity contribution in [1.29, 1.82) is 5.26 Å². The van der Waals surface area contributed by atoms with Gasteiger partial charge in [-0.05, 0) is 62.5 Å². The number of nitriles is 1. The van der Waals surface area contributed by atoms with E-state index in [0.717, 1.165) is 37.0 Å². The second kappa shape index (κ2) is 12.1. The summed E-state index contributed by atoms with van der Waals surface area (Å²) in [6.07, 6.45) is 3.80. The van der Waals surface area contributed by atoms with Crippen LogP contribution in [0.15, 0.2) is 29.3 Å². The molecule has 0 saturated carbocycles. The molecule has 0 bridgehead atoms. The first-order chi connectivity index (χ1) is 11.7. The second-order valence-electron chi connectivity index (χ2n) is 6.54. The van der Waals surface area contributed by atoms with E-state index in [9.17, 15) is 0 Å². The summed E-state index contributed by atoms with van der Waals surface area (Å²) in [7, 11) is 1.79. The summed E-state index contributed by atoms with van der Waals surface area (Å²) < 4.78 is 0. The number of rotatable bonds is 6. The van der Waals surface area contributed by atoms with Gasteiger partial charge in [-0.25, -0.2) is 0 Å². The minimum atomic E-state index is 0. The molecule has 2 rings (SSSR count). The molecule has 5 nitrogen and oxygen atoms in total. The van der Waals surface area contributed by atoms with Crippen molar-refractivity contribution in [2.75, 3.05) is 33.2 Å². The zero-order chi connectivity index (χ0) is 17.2. The van der Waals surface area contributed by atoms with E-state index in [1.807, 2.05) is 24.3 Å². The van der Waals surface area contributed by atoms with Gasteiger partial charge in [0.15, 0.2) is 5.96 Å². The number of likely N-dealkylation sites (tertiary alicyclic amines) is 1. The topological polar surface area (TPSA) is 63.5 Å². The summed E-state index contributed by atoms with van der Waals surface area (Å²) in [5.74, 6) is 1.72. The van der Waals surface area contributed by atoms with Gasteiger partial charge < -0.3 is 15.5 Å². The highest BCUT2D eigenvalue weighted by Crippen LogP contribution is 2.15. The summed E-state index contributed by atoms with van der Waals surface area (Å²) in [4.78, 5) is 6.82. The predicted octanol–water partition coefficient (Wildman–Crippen LogP) is 2.96. The van der Waals surface area contributed by atoms with E-state index in [1.54, 1.807) is 7.05 Å². The molecule has 0 unspecified atom stereocenters. The molecule has 6 heteroatoms. The lowest BCUT2D eigenvalue weighted by atomic mass is 9.99. The van der Waals surface area contributed by atoms with Crippen LogP contribution in [-0.2, 0) is 6.54 Å². The van der Waals surface area contributed by atoms with Crippen LogP contribution >= 0.6 is 24.0 Å². The Morgan fingerprint density at radius 1 is 1.24 bits per heavy atom. The van der Waals surface area contributed by atoms with Crippen molar-refractivity contribution in [1.82, 2.24) is 15.5 Å². The van der Waals surface area contributed by atoms with Crippen molar-refractivity contribution in [3.8, 4) is 6.07 Å². The van der Waals surface area contributed by atoms with E-state index < -0.39 is 0 Å². The van der Waals surface area contributed by atoms with Crippen molar-refractivity contribution >= 4 is 29.9 Å². The van der Waals surface area contributed by atoms with Crippen LogP contribution in [0.5, 0.6) is 0 Å². The van der Waals surface area contributed by atoms with Crippen LogP contribution in [0.3, 0.4) is 0 Å². The Labute approximate surface area is 168 Å². The van der Waals surface area contributed by atoms with E-state index in [0.29, 0.717) is 12.1 Å². The molecule has 0 spiro atoms. The van der Waals surface area contributed by atoms with Gasteiger partial charge in [-0.1, -0.05) is 19.1 Å². The van der Waals surface area contributed by atoms with Gasteiger partial charge in [0.2, 0.25) is 0 Å². The number of guanidine groups is 1. The maximum Gasteiger partial charge on any atom is 0.191 e. The van der Waals surface area contributed by atoms with E-state index >= 15 is 0 Å². The molecule has 1 fully saturated rings. The molecule has 1 heterocycles. The minimum Gasteiger partial charge on any atom is -0.356 e. The summed E-state index contributed by atoms with van der Waals surface area (Å²) in [5.41, 5.74) is 1.83. The van der Waals surface area contributed by atoms with Crippen LogP contribution < -0.4 is 10.6 Å². The lowest BCUT2D eigenvalue weighted by Gasteiger charge is -2.30. The molecule has 0 atom stereocenters. The smallest absolute Gasteiger partial charge is 0.191 e. The zero-order valence-corrected chi connectivity index (χ0v) is 17.6. The predicted molar refractivity (Wildman–Crippen MR) is 114 cm³/mol. The molecular formula is C19H30IN5. The first-order valence-electron chi connectivity index (χ1n) is 8.87. The SMILES string of the molecule is CN=C(NCCCN1CCC(C)CC1)NCc1ccc(C#N)cc1.I. The van der Waals surface area contributed by atoms with Crippen LogP contribution in [-0.4, -0.2) is 44.1 Å². The molecule has 138 valence electrons. The summed E-state index contributed by atoms with van der Waals surface area (Å²) in [6.45, 7) is 7.63. The fourth-order valence-electron chi connectivity index (χ4n) is 2.90. The Balaban J connectivity index is 0.00000312. The van der Waals surface area contributed by atoms with Crippen molar-refractivity contribution in [2.24, 2.45) is 10.9 Å². The Kier molecular flexibility index (Phi) is 10.5. The summed E-state index contributed by atoms with van der Waals surface area (Å²) >= 11 is 0. The number of halogens is 1. The Hall–Kier alpha value is -1.33. The Morgan fingerprint density at radius 3 is 2.52 bits per heavy atom. The summed E-state index contributed by atoms with van der Waals surface area (Å²) in [5, 5.41) is 15.5. The number of piperidine rings is 1. The maximum absolute atomic E-state index is 8.81. The van der Waals surface area contributed by atoms with Crippen molar-refractivity contribution in [2.45, 2.75) is 32.7 Å². The molecule has 0 aliphatic carbocycles. The quantitative estimate of drug-likeness (QED) is 0.300. The van der Waals surface area contributed by atoms with Crippen LogP contribution in [0.2, 0.25) is 0 Å². The number of nitrogens with zero attached hydrogens (tertiary/aromatic N) is 3. The van der Waals surface area contributed by atoms with Crippen molar-refractivity contribution in [3.05, 3.63) is 35.4 Å². The van der Waals surface area contributed by atoms with E-state index in [-0.39, 0.29) is 24.0 Å². The Morgan fingerprint density at radius 2 is 1.92 bits per heavy atom. The molecule has 0 aromatic heterocycles. The van der Waals surface area contributed by atoms with Gasteiger partial charge in [-0.2, -0.15) is 5.26 Å². The molecule has 25 heavy (non-hydrogen) atoms. The van der Waals surface area contributed by atoms with Gasteiger partial charge in [0.1, 0.15) is 0 Å². The number of aliphatic imine (C=N–C) groups is 1. The van der Waals surface area contributed by atoms with Gasteiger partial charge in [-0.3, -0.25) is 4.99 Å². The highest BCUT2D eigenvalue weighted by atomic mass is 127. The molecule has 1 aromatic carbocycles. The first-order valence-corrected chi connectivity index (χ1v) is 8.87. The molecular weight excluding hydrogens is 425 g/mol. The standard InChI is InChI=1S/C19H29N5.HI/c1-16-8-12-24(13-9-16)11-3-10-22-19(21-2)23-15-18-6-4-17(14-20)5-7-18;/h4-7,16H,3,8-13,15H2,1-2H3,(H2,21,22,23);1H. The van der Waals surface area contributed by atoms with Gasteiger partial charge in [0.05, 0.1) is 11.6 Å². The van der Waals surface area contributed by atoms with Gasteiger partial charge in [0, 0.05) is 20.1 Å². The number of nitrogens with one attached hydrogen (secondary N) is 2. The van der Waals surface area contributed by atoms with Crippen LogP contribution in [0.4, 0.5) is 0 Å². The third-order valence-electron chi connectivity index (χ3n) is 4.59. The van der Waals surface area contributed by atoms with E-state index in [1.165, 1.54) is 25.9 Å². The highest BCUT2D eigenvalue weighted by Gasteiger charge is 2.14. The normalized spacial score (nSPS) is 16.0. The maximum atomic E-state index is 8.81.